The number of imidazole rings is 1. The number of aromatic amines is 1. The standard InChI is InChI=1S/C8H4ClF2N3O2/c9-8-12-4-2-1-3(7(10)11)6(14(15)16)5(4)13-8/h1-2,7H,(H,12,13). The molecule has 84 valence electrons. The number of fused-ring (bicyclic) bond motifs is 1. The Labute approximate surface area is 92.2 Å². The molecule has 0 aliphatic carbocycles. The minimum absolute atomic E-state index is 0.0792. The van der Waals surface area contributed by atoms with Gasteiger partial charge in [-0.05, 0) is 23.7 Å². The first-order valence-electron chi connectivity index (χ1n) is 4.11. The number of hydrogen-bond donors (Lipinski definition) is 1. The second-order valence-corrected chi connectivity index (χ2v) is 3.34. The number of nitrogens with zero attached hydrogens (tertiary/aromatic N) is 2. The second-order valence-electron chi connectivity index (χ2n) is 2.98. The molecule has 1 aromatic heterocycles. The third-order valence-corrected chi connectivity index (χ3v) is 2.23. The summed E-state index contributed by atoms with van der Waals surface area (Å²) < 4.78 is 25.1. The molecule has 0 aliphatic rings. The van der Waals surface area contributed by atoms with Gasteiger partial charge in [-0.3, -0.25) is 10.1 Å². The van der Waals surface area contributed by atoms with Gasteiger partial charge in [-0.1, -0.05) is 0 Å². The SMILES string of the molecule is O=[N+]([O-])c1c(C(F)F)ccc2[nH]c(Cl)nc12. The van der Waals surface area contributed by atoms with E-state index in [0.29, 0.717) is 0 Å². The largest absolute Gasteiger partial charge is 0.328 e. The molecular weight excluding hydrogens is 244 g/mol. The molecule has 0 aliphatic heterocycles. The first-order chi connectivity index (χ1) is 7.50. The van der Waals surface area contributed by atoms with Crippen LogP contribution in [0.25, 0.3) is 11.0 Å². The number of nitro benzene ring substituents is 1. The zero-order chi connectivity index (χ0) is 11.9. The number of nitro groups is 1. The Hall–Kier alpha value is -1.76. The lowest BCUT2D eigenvalue weighted by atomic mass is 10.1. The van der Waals surface area contributed by atoms with E-state index in [1.54, 1.807) is 0 Å². The Balaban J connectivity index is 2.83. The number of aromatic nitrogens is 2. The summed E-state index contributed by atoms with van der Waals surface area (Å²) in [6.45, 7) is 0. The van der Waals surface area contributed by atoms with E-state index in [0.717, 1.165) is 6.07 Å². The molecule has 0 unspecified atom stereocenters. The van der Waals surface area contributed by atoms with Gasteiger partial charge in [0.05, 0.1) is 16.0 Å². The highest BCUT2D eigenvalue weighted by Crippen LogP contribution is 2.34. The molecule has 5 nitrogen and oxygen atoms in total. The van der Waals surface area contributed by atoms with E-state index in [1.807, 2.05) is 0 Å². The average molecular weight is 248 g/mol. The number of hydrogen-bond acceptors (Lipinski definition) is 3. The van der Waals surface area contributed by atoms with Crippen LogP contribution in [0.3, 0.4) is 0 Å². The smallest absolute Gasteiger partial charge is 0.305 e. The summed E-state index contributed by atoms with van der Waals surface area (Å²) in [5.74, 6) is 0. The van der Waals surface area contributed by atoms with Crippen LogP contribution < -0.4 is 0 Å². The van der Waals surface area contributed by atoms with Crippen molar-refractivity contribution in [3.05, 3.63) is 33.1 Å². The minimum Gasteiger partial charge on any atom is -0.328 e. The van der Waals surface area contributed by atoms with Crippen molar-refractivity contribution in [1.29, 1.82) is 0 Å². The van der Waals surface area contributed by atoms with Gasteiger partial charge in [0, 0.05) is 0 Å². The molecule has 1 N–H and O–H groups in total. The Bertz CT molecular complexity index is 570. The lowest BCUT2D eigenvalue weighted by Crippen LogP contribution is -1.97. The number of H-pyrrole nitrogens is 1. The van der Waals surface area contributed by atoms with Crippen molar-refractivity contribution >= 4 is 28.3 Å². The second kappa shape index (κ2) is 3.67. The van der Waals surface area contributed by atoms with Crippen molar-refractivity contribution in [3.8, 4) is 0 Å². The van der Waals surface area contributed by atoms with Crippen molar-refractivity contribution < 1.29 is 13.7 Å². The van der Waals surface area contributed by atoms with Crippen LogP contribution in [0.5, 0.6) is 0 Å². The summed E-state index contributed by atoms with van der Waals surface area (Å²) in [7, 11) is 0. The highest BCUT2D eigenvalue weighted by molar-refractivity contribution is 6.29. The molecule has 0 bridgehead atoms. The normalized spacial score (nSPS) is 11.2. The number of rotatable bonds is 2. The van der Waals surface area contributed by atoms with Crippen LogP contribution >= 0.6 is 11.6 Å². The fourth-order valence-corrected chi connectivity index (χ4v) is 1.60. The first kappa shape index (κ1) is 10.7. The zero-order valence-electron chi connectivity index (χ0n) is 7.58. The lowest BCUT2D eigenvalue weighted by Gasteiger charge is -2.01. The maximum atomic E-state index is 12.5. The lowest BCUT2D eigenvalue weighted by molar-refractivity contribution is -0.384. The van der Waals surface area contributed by atoms with Gasteiger partial charge in [-0.15, -0.1) is 0 Å². The zero-order valence-corrected chi connectivity index (χ0v) is 8.33. The maximum Gasteiger partial charge on any atom is 0.305 e. The van der Waals surface area contributed by atoms with Crippen molar-refractivity contribution in [2.45, 2.75) is 6.43 Å². The molecule has 0 saturated heterocycles. The van der Waals surface area contributed by atoms with Crippen molar-refractivity contribution in [2.24, 2.45) is 0 Å². The summed E-state index contributed by atoms with van der Waals surface area (Å²) >= 11 is 5.51. The predicted molar refractivity (Wildman–Crippen MR) is 52.7 cm³/mol. The molecule has 0 saturated carbocycles. The Kier molecular flexibility index (Phi) is 2.47. The maximum absolute atomic E-state index is 12.5. The van der Waals surface area contributed by atoms with E-state index in [1.165, 1.54) is 6.07 Å². The topological polar surface area (TPSA) is 71.8 Å². The first-order valence-corrected chi connectivity index (χ1v) is 4.49. The summed E-state index contributed by atoms with van der Waals surface area (Å²) in [6.07, 6.45) is -2.93. The van der Waals surface area contributed by atoms with E-state index in [-0.39, 0.29) is 16.3 Å². The van der Waals surface area contributed by atoms with Crippen LogP contribution in [0.4, 0.5) is 14.5 Å². The van der Waals surface area contributed by atoms with E-state index >= 15 is 0 Å². The summed E-state index contributed by atoms with van der Waals surface area (Å²) in [5, 5.41) is 10.6. The minimum atomic E-state index is -2.93. The van der Waals surface area contributed by atoms with Crippen LogP contribution in [0.2, 0.25) is 5.28 Å². The Morgan fingerprint density at radius 3 is 2.75 bits per heavy atom. The molecule has 2 aromatic rings. The average Bonchev–Trinajstić information content (AvgIpc) is 2.55. The Morgan fingerprint density at radius 1 is 1.50 bits per heavy atom. The summed E-state index contributed by atoms with van der Waals surface area (Å²) in [4.78, 5) is 16.0. The fourth-order valence-electron chi connectivity index (χ4n) is 1.41. The van der Waals surface area contributed by atoms with Gasteiger partial charge in [0.15, 0.2) is 5.52 Å². The number of nitrogens with one attached hydrogen (secondary N) is 1. The third-order valence-electron chi connectivity index (χ3n) is 2.05. The molecule has 1 aromatic carbocycles. The van der Waals surface area contributed by atoms with Crippen molar-refractivity contribution in [3.63, 3.8) is 0 Å². The van der Waals surface area contributed by atoms with Crippen LogP contribution in [0.15, 0.2) is 12.1 Å². The van der Waals surface area contributed by atoms with Gasteiger partial charge in [0.1, 0.15) is 0 Å². The molecule has 0 fully saturated rings. The number of alkyl halides is 2. The number of benzene rings is 1. The van der Waals surface area contributed by atoms with Gasteiger partial charge >= 0.3 is 5.69 Å². The van der Waals surface area contributed by atoms with Gasteiger partial charge in [0.2, 0.25) is 5.28 Å². The quantitative estimate of drug-likeness (QED) is 0.655. The molecule has 2 rings (SSSR count). The van der Waals surface area contributed by atoms with E-state index in [4.69, 9.17) is 11.6 Å². The predicted octanol–water partition coefficient (Wildman–Crippen LogP) is 3.06. The van der Waals surface area contributed by atoms with E-state index < -0.39 is 22.6 Å². The molecule has 16 heavy (non-hydrogen) atoms. The van der Waals surface area contributed by atoms with Crippen LogP contribution in [-0.2, 0) is 0 Å². The van der Waals surface area contributed by atoms with E-state index in [9.17, 15) is 18.9 Å². The van der Waals surface area contributed by atoms with E-state index in [2.05, 4.69) is 9.97 Å². The van der Waals surface area contributed by atoms with Crippen molar-refractivity contribution in [1.82, 2.24) is 9.97 Å². The molecule has 0 radical (unpaired) electrons. The van der Waals surface area contributed by atoms with Crippen LogP contribution in [0.1, 0.15) is 12.0 Å². The van der Waals surface area contributed by atoms with Crippen LogP contribution in [0, 0.1) is 10.1 Å². The Morgan fingerprint density at radius 2 is 2.19 bits per heavy atom. The molecular formula is C8H4ClF2N3O2. The molecule has 0 amide bonds. The highest BCUT2D eigenvalue weighted by atomic mass is 35.5. The molecule has 0 atom stereocenters. The molecule has 0 spiro atoms. The third kappa shape index (κ3) is 1.58. The monoisotopic (exact) mass is 247 g/mol. The fraction of sp³-hybridized carbons (Fsp3) is 0.125. The summed E-state index contributed by atoms with van der Waals surface area (Å²) in [5.41, 5.74) is -1.29. The van der Waals surface area contributed by atoms with Crippen LogP contribution in [-0.4, -0.2) is 14.9 Å². The number of halogens is 3. The van der Waals surface area contributed by atoms with Gasteiger partial charge in [0.25, 0.3) is 6.43 Å². The highest BCUT2D eigenvalue weighted by Gasteiger charge is 2.26. The molecule has 8 heteroatoms. The van der Waals surface area contributed by atoms with Crippen molar-refractivity contribution in [2.75, 3.05) is 0 Å². The van der Waals surface area contributed by atoms with Gasteiger partial charge in [-0.2, -0.15) is 0 Å². The van der Waals surface area contributed by atoms with Gasteiger partial charge in [-0.25, -0.2) is 13.8 Å². The summed E-state index contributed by atoms with van der Waals surface area (Å²) in [6, 6.07) is 2.27. The molecule has 1 heterocycles. The van der Waals surface area contributed by atoms with Gasteiger partial charge < -0.3 is 4.98 Å².